The average Bonchev–Trinajstić information content (AvgIpc) is 3.36. The van der Waals surface area contributed by atoms with Gasteiger partial charge in [0, 0.05) is 30.0 Å². The monoisotopic (exact) mass is 473 g/mol. The minimum Gasteiger partial charge on any atom is -0.493 e. The van der Waals surface area contributed by atoms with Crippen LogP contribution in [-0.2, 0) is 6.42 Å². The first-order chi connectivity index (χ1) is 17.0. The maximum absolute atomic E-state index is 12.3. The Morgan fingerprint density at radius 2 is 1.74 bits per heavy atom. The van der Waals surface area contributed by atoms with E-state index in [1.165, 1.54) is 18.4 Å². The Hall–Kier alpha value is -3.54. The van der Waals surface area contributed by atoms with Crippen LogP contribution in [0.3, 0.4) is 0 Å². The molecule has 0 unspecified atom stereocenters. The lowest BCUT2D eigenvalue weighted by atomic mass is 9.85. The molecule has 1 fully saturated rings. The first kappa shape index (κ1) is 24.6. The van der Waals surface area contributed by atoms with E-state index >= 15 is 0 Å². The first-order valence-electron chi connectivity index (χ1n) is 12.4. The molecule has 2 N–H and O–H groups in total. The van der Waals surface area contributed by atoms with Crippen molar-refractivity contribution >= 4 is 11.7 Å². The van der Waals surface area contributed by atoms with Gasteiger partial charge in [0.15, 0.2) is 11.5 Å². The molecule has 1 aromatic heterocycles. The Labute approximate surface area is 208 Å². The number of benzene rings is 2. The Balaban J connectivity index is 1.67. The minimum atomic E-state index is -0.209. The highest BCUT2D eigenvalue weighted by Crippen LogP contribution is 2.37. The summed E-state index contributed by atoms with van der Waals surface area (Å²) in [4.78, 5) is 16.5. The minimum absolute atomic E-state index is 0.0594. The van der Waals surface area contributed by atoms with Crippen LogP contribution >= 0.6 is 0 Å². The molecule has 1 heterocycles. The van der Waals surface area contributed by atoms with Crippen LogP contribution in [-0.4, -0.2) is 30.3 Å². The van der Waals surface area contributed by atoms with Crippen molar-refractivity contribution in [2.24, 2.45) is 0 Å². The van der Waals surface area contributed by atoms with Crippen LogP contribution in [0, 0.1) is 0 Å². The smallest absolute Gasteiger partial charge is 0.319 e. The number of rotatable bonds is 9. The third kappa shape index (κ3) is 6.75. The molecular weight excluding hydrogens is 438 g/mol. The number of carbonyl (C=O) groups is 1. The molecule has 2 aromatic carbocycles. The van der Waals surface area contributed by atoms with E-state index in [0.29, 0.717) is 0 Å². The van der Waals surface area contributed by atoms with Crippen molar-refractivity contribution < 1.29 is 14.3 Å². The second kappa shape index (κ2) is 11.7. The summed E-state index contributed by atoms with van der Waals surface area (Å²) in [5.74, 6) is 1.61. The van der Waals surface area contributed by atoms with Gasteiger partial charge in [-0.1, -0.05) is 18.2 Å². The van der Waals surface area contributed by atoms with Gasteiger partial charge in [0.1, 0.15) is 0 Å². The summed E-state index contributed by atoms with van der Waals surface area (Å²) in [6.45, 7) is 3.88. The Bertz CT molecular complexity index is 1110. The summed E-state index contributed by atoms with van der Waals surface area (Å²) in [5.41, 5.74) is 4.20. The third-order valence-electron chi connectivity index (χ3n) is 6.34. The SMILES string of the molecule is COc1ccc([C@H](Cc2ccncc2)c2cccc(NC(=O)NC(C)C)c2)cc1OC1CCCC1. The molecule has 1 aliphatic rings. The Morgan fingerprint density at radius 1 is 1.00 bits per heavy atom. The zero-order chi connectivity index (χ0) is 24.6. The maximum atomic E-state index is 12.3. The molecular formula is C29H35N3O3. The van der Waals surface area contributed by atoms with Crippen LogP contribution in [0.2, 0.25) is 0 Å². The van der Waals surface area contributed by atoms with Gasteiger partial charge in [-0.25, -0.2) is 4.79 Å². The van der Waals surface area contributed by atoms with Gasteiger partial charge in [0.25, 0.3) is 0 Å². The molecule has 0 aliphatic heterocycles. The number of nitrogens with zero attached hydrogens (tertiary/aromatic N) is 1. The molecule has 1 atom stereocenters. The number of amides is 2. The summed E-state index contributed by atoms with van der Waals surface area (Å²) in [6.07, 6.45) is 9.26. The molecule has 0 bridgehead atoms. The summed E-state index contributed by atoms with van der Waals surface area (Å²) >= 11 is 0. The van der Waals surface area contributed by atoms with Gasteiger partial charge in [0.05, 0.1) is 13.2 Å². The zero-order valence-corrected chi connectivity index (χ0v) is 20.8. The highest BCUT2D eigenvalue weighted by atomic mass is 16.5. The zero-order valence-electron chi connectivity index (χ0n) is 20.8. The van der Waals surface area contributed by atoms with E-state index in [1.807, 2.05) is 62.6 Å². The predicted octanol–water partition coefficient (Wildman–Crippen LogP) is 6.32. The Kier molecular flexibility index (Phi) is 8.24. The van der Waals surface area contributed by atoms with Crippen molar-refractivity contribution in [3.63, 3.8) is 0 Å². The predicted molar refractivity (Wildman–Crippen MR) is 139 cm³/mol. The van der Waals surface area contributed by atoms with Crippen LogP contribution < -0.4 is 20.1 Å². The van der Waals surface area contributed by atoms with Crippen molar-refractivity contribution in [3.05, 3.63) is 83.7 Å². The molecule has 0 spiro atoms. The Morgan fingerprint density at radius 3 is 2.46 bits per heavy atom. The van der Waals surface area contributed by atoms with Gasteiger partial charge in [-0.15, -0.1) is 0 Å². The molecule has 6 heteroatoms. The number of anilines is 1. The molecule has 6 nitrogen and oxygen atoms in total. The van der Waals surface area contributed by atoms with E-state index in [4.69, 9.17) is 9.47 Å². The van der Waals surface area contributed by atoms with E-state index in [1.54, 1.807) is 7.11 Å². The second-order valence-corrected chi connectivity index (χ2v) is 9.43. The topological polar surface area (TPSA) is 72.5 Å². The van der Waals surface area contributed by atoms with Crippen molar-refractivity contribution in [3.8, 4) is 11.5 Å². The fourth-order valence-corrected chi connectivity index (χ4v) is 4.63. The summed E-state index contributed by atoms with van der Waals surface area (Å²) in [5, 5.41) is 5.84. The fourth-order valence-electron chi connectivity index (χ4n) is 4.63. The number of hydrogen-bond donors (Lipinski definition) is 2. The van der Waals surface area contributed by atoms with E-state index in [-0.39, 0.29) is 24.1 Å². The summed E-state index contributed by atoms with van der Waals surface area (Å²) in [6, 6.07) is 18.2. The van der Waals surface area contributed by atoms with Gasteiger partial charge in [0.2, 0.25) is 0 Å². The van der Waals surface area contributed by atoms with Crippen LogP contribution in [0.15, 0.2) is 67.0 Å². The molecule has 3 aromatic rings. The van der Waals surface area contributed by atoms with Gasteiger partial charge >= 0.3 is 6.03 Å². The van der Waals surface area contributed by atoms with Crippen molar-refractivity contribution in [1.82, 2.24) is 10.3 Å². The lowest BCUT2D eigenvalue weighted by molar-refractivity contribution is 0.200. The van der Waals surface area contributed by atoms with Gasteiger partial charge < -0.3 is 20.1 Å². The third-order valence-corrected chi connectivity index (χ3v) is 6.34. The standard InChI is InChI=1S/C29H35N3O3/c1-20(2)31-29(33)32-24-8-6-7-22(18-24)26(17-21-13-15-30-16-14-21)23-11-12-27(34-3)28(19-23)35-25-9-4-5-10-25/h6-8,11-16,18-20,25-26H,4-5,9-10,17H2,1-3H3,(H2,31,32,33)/t26-/m1/s1. The van der Waals surface area contributed by atoms with Crippen molar-refractivity contribution in [1.29, 1.82) is 0 Å². The van der Waals surface area contributed by atoms with Crippen molar-refractivity contribution in [2.75, 3.05) is 12.4 Å². The number of nitrogens with one attached hydrogen (secondary N) is 2. The van der Waals surface area contributed by atoms with E-state index < -0.39 is 0 Å². The highest BCUT2D eigenvalue weighted by molar-refractivity contribution is 5.89. The highest BCUT2D eigenvalue weighted by Gasteiger charge is 2.22. The largest absolute Gasteiger partial charge is 0.493 e. The first-order valence-corrected chi connectivity index (χ1v) is 12.4. The number of hydrogen-bond acceptors (Lipinski definition) is 4. The molecule has 1 saturated carbocycles. The number of pyridine rings is 1. The van der Waals surface area contributed by atoms with E-state index in [0.717, 1.165) is 47.6 Å². The molecule has 0 radical (unpaired) electrons. The molecule has 0 saturated heterocycles. The number of carbonyl (C=O) groups excluding carboxylic acids is 1. The quantitative estimate of drug-likeness (QED) is 0.382. The molecule has 184 valence electrons. The van der Waals surface area contributed by atoms with Crippen molar-refractivity contribution in [2.45, 2.75) is 64.0 Å². The molecule has 4 rings (SSSR count). The van der Waals surface area contributed by atoms with Gasteiger partial charge in [-0.05, 0) is 99.0 Å². The van der Waals surface area contributed by atoms with Crippen LogP contribution in [0.4, 0.5) is 10.5 Å². The average molecular weight is 474 g/mol. The number of aromatic nitrogens is 1. The van der Waals surface area contributed by atoms with Gasteiger partial charge in [-0.3, -0.25) is 4.98 Å². The number of urea groups is 1. The lowest BCUT2D eigenvalue weighted by Gasteiger charge is -2.22. The normalized spacial score (nSPS) is 14.5. The van der Waals surface area contributed by atoms with Crippen LogP contribution in [0.5, 0.6) is 11.5 Å². The molecule has 2 amide bonds. The van der Waals surface area contributed by atoms with Crippen LogP contribution in [0.25, 0.3) is 0 Å². The van der Waals surface area contributed by atoms with Gasteiger partial charge in [-0.2, -0.15) is 0 Å². The molecule has 35 heavy (non-hydrogen) atoms. The second-order valence-electron chi connectivity index (χ2n) is 9.43. The summed E-state index contributed by atoms with van der Waals surface area (Å²) in [7, 11) is 1.68. The van der Waals surface area contributed by atoms with E-state index in [2.05, 4.69) is 33.8 Å². The number of ether oxygens (including phenoxy) is 2. The summed E-state index contributed by atoms with van der Waals surface area (Å²) < 4.78 is 12.0. The van der Waals surface area contributed by atoms with Crippen LogP contribution in [0.1, 0.15) is 62.1 Å². The lowest BCUT2D eigenvalue weighted by Crippen LogP contribution is -2.34. The number of methoxy groups -OCH3 is 1. The molecule has 1 aliphatic carbocycles. The van der Waals surface area contributed by atoms with E-state index in [9.17, 15) is 4.79 Å². The fraction of sp³-hybridized carbons (Fsp3) is 0.379. The maximum Gasteiger partial charge on any atom is 0.319 e.